The molecule has 0 spiro atoms. The van der Waals surface area contributed by atoms with Gasteiger partial charge < -0.3 is 9.84 Å². The third kappa shape index (κ3) is 3.48. The number of hydrogen-bond donors (Lipinski definition) is 1. The molecule has 1 fully saturated rings. The smallest absolute Gasteiger partial charge is 0.119 e. The topological polar surface area (TPSA) is 32.7 Å². The average molecular weight is 414 g/mol. The summed E-state index contributed by atoms with van der Waals surface area (Å²) in [6.07, 6.45) is 2.11. The van der Waals surface area contributed by atoms with Gasteiger partial charge in [0.25, 0.3) is 0 Å². The number of phenolic OH excluding ortho intramolecular Hbond substituents is 1. The largest absolute Gasteiger partial charge is 0.508 e. The van der Waals surface area contributed by atoms with Gasteiger partial charge in [0, 0.05) is 23.2 Å². The Morgan fingerprint density at radius 2 is 1.90 bits per heavy atom. The van der Waals surface area contributed by atoms with E-state index in [4.69, 9.17) is 16.3 Å². The zero-order valence-electron chi connectivity index (χ0n) is 17.9. The van der Waals surface area contributed by atoms with Crippen molar-refractivity contribution in [2.45, 2.75) is 64.7 Å². The quantitative estimate of drug-likeness (QED) is 0.695. The molecule has 2 aromatic carbocycles. The van der Waals surface area contributed by atoms with E-state index in [0.717, 1.165) is 42.1 Å². The first-order valence-electron chi connectivity index (χ1n) is 10.6. The molecule has 2 unspecified atom stereocenters. The number of ether oxygens (including phenoxy) is 1. The van der Waals surface area contributed by atoms with Crippen LogP contribution in [0.5, 0.6) is 5.75 Å². The number of nitrogens with zero attached hydrogens (tertiary/aromatic N) is 1. The summed E-state index contributed by atoms with van der Waals surface area (Å²) < 4.78 is 6.15. The molecule has 1 aliphatic heterocycles. The van der Waals surface area contributed by atoms with E-state index in [1.54, 1.807) is 6.07 Å². The van der Waals surface area contributed by atoms with Crippen molar-refractivity contribution in [3.8, 4) is 5.75 Å². The number of likely N-dealkylation sites (tertiary alicyclic amines) is 1. The van der Waals surface area contributed by atoms with Crippen molar-refractivity contribution < 1.29 is 9.84 Å². The van der Waals surface area contributed by atoms with Gasteiger partial charge >= 0.3 is 0 Å². The third-order valence-electron chi connectivity index (χ3n) is 7.65. The number of aromatic hydroxyl groups is 1. The molecular formula is C25H32ClNO2. The highest BCUT2D eigenvalue weighted by molar-refractivity contribution is 6.31. The van der Waals surface area contributed by atoms with Gasteiger partial charge in [0.2, 0.25) is 0 Å². The van der Waals surface area contributed by atoms with Crippen LogP contribution < -0.4 is 0 Å². The Morgan fingerprint density at radius 3 is 2.62 bits per heavy atom. The average Bonchev–Trinajstić information content (AvgIpc) is 3.01. The molecule has 0 bridgehead atoms. The van der Waals surface area contributed by atoms with Crippen molar-refractivity contribution in [3.63, 3.8) is 0 Å². The lowest BCUT2D eigenvalue weighted by molar-refractivity contribution is 0.00735. The highest BCUT2D eigenvalue weighted by Gasteiger charge is 2.57. The molecule has 1 heterocycles. The molecule has 0 saturated carbocycles. The van der Waals surface area contributed by atoms with Crippen LogP contribution in [0.15, 0.2) is 42.5 Å². The zero-order chi connectivity index (χ0) is 20.8. The number of benzene rings is 2. The second-order valence-corrected chi connectivity index (χ2v) is 9.94. The van der Waals surface area contributed by atoms with E-state index in [1.807, 2.05) is 12.1 Å². The summed E-state index contributed by atoms with van der Waals surface area (Å²) in [5.74, 6) is 0.375. The molecule has 1 N–H and O–H groups in total. The van der Waals surface area contributed by atoms with Crippen molar-refractivity contribution in [2.75, 3.05) is 13.1 Å². The van der Waals surface area contributed by atoms with Gasteiger partial charge in [0.15, 0.2) is 0 Å². The number of hydrogen-bond acceptors (Lipinski definition) is 3. The standard InChI is InChI=1S/C25H32ClNO2/c1-17(29-16-18-8-6-5-7-9-18)15-27-13-12-25(4)22(27)14-19-21(28)11-10-20(26)23(19)24(25,2)3/h5-11,17,22,28H,12-16H2,1-4H3/t17-,22?,25?/m1/s1. The van der Waals surface area contributed by atoms with Crippen molar-refractivity contribution in [3.05, 3.63) is 64.2 Å². The summed E-state index contributed by atoms with van der Waals surface area (Å²) in [5, 5.41) is 11.4. The Labute approximate surface area is 179 Å². The fraction of sp³-hybridized carbons (Fsp3) is 0.520. The number of phenols is 1. The number of fused-ring (bicyclic) bond motifs is 2. The Balaban J connectivity index is 1.53. The maximum atomic E-state index is 10.6. The van der Waals surface area contributed by atoms with Crippen molar-refractivity contribution in [1.82, 2.24) is 4.90 Å². The van der Waals surface area contributed by atoms with Gasteiger partial charge in [-0.25, -0.2) is 0 Å². The summed E-state index contributed by atoms with van der Waals surface area (Å²) >= 11 is 6.63. The molecule has 3 atom stereocenters. The third-order valence-corrected chi connectivity index (χ3v) is 7.97. The molecule has 2 aromatic rings. The number of rotatable bonds is 5. The van der Waals surface area contributed by atoms with E-state index in [1.165, 1.54) is 5.56 Å². The molecule has 0 aromatic heterocycles. The second-order valence-electron chi connectivity index (χ2n) is 9.53. The molecule has 4 heteroatoms. The minimum Gasteiger partial charge on any atom is -0.508 e. The molecule has 0 radical (unpaired) electrons. The van der Waals surface area contributed by atoms with Crippen molar-refractivity contribution in [1.29, 1.82) is 0 Å². The van der Waals surface area contributed by atoms with Crippen LogP contribution in [0.25, 0.3) is 0 Å². The second kappa shape index (κ2) is 7.61. The van der Waals surface area contributed by atoms with Crippen LogP contribution in [-0.4, -0.2) is 35.2 Å². The van der Waals surface area contributed by atoms with Gasteiger partial charge in [-0.1, -0.05) is 62.7 Å². The first-order valence-corrected chi connectivity index (χ1v) is 11.0. The van der Waals surface area contributed by atoms with E-state index >= 15 is 0 Å². The summed E-state index contributed by atoms with van der Waals surface area (Å²) in [6.45, 7) is 11.7. The normalized spacial score (nSPS) is 26.7. The molecule has 156 valence electrons. The summed E-state index contributed by atoms with van der Waals surface area (Å²) in [7, 11) is 0. The number of halogens is 1. The Bertz CT molecular complexity index is 882. The van der Waals surface area contributed by atoms with Crippen LogP contribution >= 0.6 is 11.6 Å². The van der Waals surface area contributed by atoms with E-state index in [9.17, 15) is 5.11 Å². The molecule has 0 amide bonds. The van der Waals surface area contributed by atoms with Crippen LogP contribution in [0.3, 0.4) is 0 Å². The van der Waals surface area contributed by atoms with E-state index in [-0.39, 0.29) is 16.9 Å². The molecule has 3 nitrogen and oxygen atoms in total. The summed E-state index contributed by atoms with van der Waals surface area (Å²) in [6, 6.07) is 14.3. The minimum absolute atomic E-state index is 0.107. The van der Waals surface area contributed by atoms with Gasteiger partial charge in [0.1, 0.15) is 5.75 Å². The summed E-state index contributed by atoms with van der Waals surface area (Å²) in [5.41, 5.74) is 3.36. The summed E-state index contributed by atoms with van der Waals surface area (Å²) in [4.78, 5) is 2.57. The fourth-order valence-electron chi connectivity index (χ4n) is 5.57. The lowest BCUT2D eigenvalue weighted by Crippen LogP contribution is -2.54. The maximum Gasteiger partial charge on any atom is 0.119 e. The van der Waals surface area contributed by atoms with Crippen LogP contribution in [0.2, 0.25) is 5.02 Å². The van der Waals surface area contributed by atoms with Crippen molar-refractivity contribution >= 4 is 11.6 Å². The van der Waals surface area contributed by atoms with Gasteiger partial charge in [-0.05, 0) is 60.4 Å². The molecule has 2 aliphatic rings. The van der Waals surface area contributed by atoms with E-state index < -0.39 is 0 Å². The van der Waals surface area contributed by atoms with Crippen molar-refractivity contribution in [2.24, 2.45) is 5.41 Å². The SMILES string of the molecule is C[C@H](CN1CCC2(C)C1Cc1c(O)ccc(Cl)c1C2(C)C)OCc1ccccc1. The van der Waals surface area contributed by atoms with Gasteiger partial charge in [0.05, 0.1) is 12.7 Å². The van der Waals surface area contributed by atoms with Gasteiger partial charge in [-0.2, -0.15) is 0 Å². The van der Waals surface area contributed by atoms with Crippen LogP contribution in [0.1, 0.15) is 50.8 Å². The minimum atomic E-state index is -0.107. The van der Waals surface area contributed by atoms with Crippen LogP contribution in [0.4, 0.5) is 0 Å². The maximum absolute atomic E-state index is 10.6. The van der Waals surface area contributed by atoms with E-state index in [2.05, 4.69) is 56.9 Å². The molecule has 1 aliphatic carbocycles. The first kappa shape index (κ1) is 20.7. The highest BCUT2D eigenvalue weighted by atomic mass is 35.5. The van der Waals surface area contributed by atoms with Crippen LogP contribution in [0, 0.1) is 5.41 Å². The predicted octanol–water partition coefficient (Wildman–Crippen LogP) is 5.57. The Kier molecular flexibility index (Phi) is 5.43. The molecule has 29 heavy (non-hydrogen) atoms. The van der Waals surface area contributed by atoms with E-state index in [0.29, 0.717) is 18.4 Å². The molecular weight excluding hydrogens is 382 g/mol. The lowest BCUT2D eigenvalue weighted by atomic mass is 9.54. The lowest BCUT2D eigenvalue weighted by Gasteiger charge is -2.52. The molecule has 4 rings (SSSR count). The monoisotopic (exact) mass is 413 g/mol. The van der Waals surface area contributed by atoms with Crippen LogP contribution in [-0.2, 0) is 23.2 Å². The van der Waals surface area contributed by atoms with Gasteiger partial charge in [-0.3, -0.25) is 4.90 Å². The Morgan fingerprint density at radius 1 is 1.17 bits per heavy atom. The first-order chi connectivity index (χ1) is 13.7. The highest BCUT2D eigenvalue weighted by Crippen LogP contribution is 2.58. The Hall–Kier alpha value is -1.55. The zero-order valence-corrected chi connectivity index (χ0v) is 18.7. The van der Waals surface area contributed by atoms with Gasteiger partial charge in [-0.15, -0.1) is 0 Å². The fourth-order valence-corrected chi connectivity index (χ4v) is 5.98. The molecule has 1 saturated heterocycles. The predicted molar refractivity (Wildman–Crippen MR) is 119 cm³/mol.